The van der Waals surface area contributed by atoms with Crippen LogP contribution in [0.1, 0.15) is 39.4 Å². The predicted molar refractivity (Wildman–Crippen MR) is 144 cm³/mol. The highest BCUT2D eigenvalue weighted by atomic mass is 35.5. The number of hydrogen-bond acceptors (Lipinski definition) is 7. The third kappa shape index (κ3) is 4.73. The molecule has 1 saturated carbocycles. The van der Waals surface area contributed by atoms with E-state index in [-0.39, 0.29) is 29.0 Å². The summed E-state index contributed by atoms with van der Waals surface area (Å²) >= 11 is 7.87. The van der Waals surface area contributed by atoms with Crippen molar-refractivity contribution in [1.82, 2.24) is 29.7 Å². The second-order valence-corrected chi connectivity index (χ2v) is 10.2. The highest BCUT2D eigenvalue weighted by Crippen LogP contribution is 2.30. The Labute approximate surface area is 226 Å². The van der Waals surface area contributed by atoms with Crippen molar-refractivity contribution in [1.29, 1.82) is 0 Å². The summed E-state index contributed by atoms with van der Waals surface area (Å²) in [4.78, 5) is 31.4. The molecule has 0 aliphatic heterocycles. The maximum Gasteiger partial charge on any atom is 0.274 e. The Morgan fingerprint density at radius 2 is 2.05 bits per heavy atom. The molecule has 38 heavy (non-hydrogen) atoms. The quantitative estimate of drug-likeness (QED) is 0.278. The Kier molecular flexibility index (Phi) is 6.30. The van der Waals surface area contributed by atoms with Crippen LogP contribution in [0.5, 0.6) is 11.6 Å². The molecule has 0 aromatic carbocycles. The molecule has 12 heteroatoms. The third-order valence-corrected chi connectivity index (χ3v) is 7.11. The number of halogens is 1. The minimum atomic E-state index is -0.523. The van der Waals surface area contributed by atoms with Crippen molar-refractivity contribution in [2.24, 2.45) is 5.92 Å². The lowest BCUT2D eigenvalue weighted by molar-refractivity contribution is 0.0945. The fraction of sp³-hybridized carbons (Fsp3) is 0.192. The summed E-state index contributed by atoms with van der Waals surface area (Å²) < 4.78 is 8.70. The van der Waals surface area contributed by atoms with Gasteiger partial charge in [0.05, 0.1) is 22.4 Å². The molecule has 1 fully saturated rings. The SMILES string of the molecule is Cc1cc2ccnn2c(C(=O)NCC2CC2)c1NC(=O)c1cc(Oc2ccsc2)nn1-c1ncccc1Cl. The first-order valence-corrected chi connectivity index (χ1v) is 13.3. The molecule has 1 aliphatic rings. The molecule has 5 heterocycles. The van der Waals surface area contributed by atoms with Gasteiger partial charge in [0.25, 0.3) is 11.8 Å². The van der Waals surface area contributed by atoms with Gasteiger partial charge in [-0.2, -0.15) is 5.10 Å². The highest BCUT2D eigenvalue weighted by Gasteiger charge is 2.27. The maximum atomic E-state index is 13.8. The van der Waals surface area contributed by atoms with Gasteiger partial charge >= 0.3 is 0 Å². The molecule has 5 aromatic heterocycles. The summed E-state index contributed by atoms with van der Waals surface area (Å²) in [5.41, 5.74) is 2.17. The van der Waals surface area contributed by atoms with Crippen LogP contribution in [0, 0.1) is 12.8 Å². The number of aryl methyl sites for hydroxylation is 1. The minimum absolute atomic E-state index is 0.125. The lowest BCUT2D eigenvalue weighted by atomic mass is 10.1. The van der Waals surface area contributed by atoms with E-state index in [9.17, 15) is 9.59 Å². The molecular weight excluding hydrogens is 526 g/mol. The molecule has 1 aliphatic carbocycles. The van der Waals surface area contributed by atoms with Crippen LogP contribution in [0.25, 0.3) is 11.3 Å². The topological polar surface area (TPSA) is 115 Å². The van der Waals surface area contributed by atoms with Crippen molar-refractivity contribution in [2.75, 3.05) is 11.9 Å². The van der Waals surface area contributed by atoms with Crippen LogP contribution in [0.2, 0.25) is 5.02 Å². The van der Waals surface area contributed by atoms with E-state index >= 15 is 0 Å². The standard InChI is InChI=1S/C26H22ClN7O3S/c1-15-11-17-6-9-30-33(17)23(26(36)29-13-16-4-5-16)22(15)31-25(35)20-12-21(37-18-7-10-38-14-18)32-34(20)24-19(27)3-2-8-28-24/h2-3,6-12,14,16H,4-5,13H2,1H3,(H,29,36)(H,31,35). The summed E-state index contributed by atoms with van der Waals surface area (Å²) in [6.07, 6.45) is 5.38. The van der Waals surface area contributed by atoms with E-state index in [4.69, 9.17) is 16.3 Å². The molecule has 10 nitrogen and oxygen atoms in total. The van der Waals surface area contributed by atoms with Crippen LogP contribution in [-0.4, -0.2) is 42.7 Å². The number of carbonyl (C=O) groups is 2. The van der Waals surface area contributed by atoms with E-state index in [0.29, 0.717) is 34.5 Å². The summed E-state index contributed by atoms with van der Waals surface area (Å²) in [6, 6.07) is 10.3. The zero-order valence-electron chi connectivity index (χ0n) is 20.2. The Balaban J connectivity index is 1.40. The Bertz CT molecular complexity index is 1660. The number of carbonyl (C=O) groups excluding carboxylic acids is 2. The highest BCUT2D eigenvalue weighted by molar-refractivity contribution is 7.08. The molecule has 0 saturated heterocycles. The van der Waals surface area contributed by atoms with Crippen molar-refractivity contribution in [3.05, 3.63) is 81.5 Å². The molecule has 5 aromatic rings. The number of aromatic nitrogens is 5. The number of hydrogen-bond donors (Lipinski definition) is 2. The number of thiophene rings is 1. The van der Waals surface area contributed by atoms with E-state index in [1.807, 2.05) is 29.8 Å². The van der Waals surface area contributed by atoms with Crippen molar-refractivity contribution in [3.8, 4) is 17.4 Å². The van der Waals surface area contributed by atoms with E-state index in [0.717, 1.165) is 18.4 Å². The zero-order valence-corrected chi connectivity index (χ0v) is 21.8. The second kappa shape index (κ2) is 9.92. The van der Waals surface area contributed by atoms with Crippen LogP contribution in [0.15, 0.2) is 59.6 Å². The average molecular weight is 548 g/mol. The van der Waals surface area contributed by atoms with E-state index in [1.54, 1.807) is 30.6 Å². The molecule has 0 radical (unpaired) electrons. The fourth-order valence-electron chi connectivity index (χ4n) is 4.08. The molecule has 0 bridgehead atoms. The van der Waals surface area contributed by atoms with Gasteiger partial charge in [-0.05, 0) is 67.0 Å². The smallest absolute Gasteiger partial charge is 0.274 e. The second-order valence-electron chi connectivity index (χ2n) is 8.98. The molecule has 192 valence electrons. The van der Waals surface area contributed by atoms with Gasteiger partial charge in [0.15, 0.2) is 11.5 Å². The first kappa shape index (κ1) is 24.1. The van der Waals surface area contributed by atoms with Crippen molar-refractivity contribution in [3.63, 3.8) is 0 Å². The number of amides is 2. The van der Waals surface area contributed by atoms with E-state index in [2.05, 4.69) is 25.8 Å². The maximum absolute atomic E-state index is 13.8. The molecule has 0 unspecified atom stereocenters. The zero-order chi connectivity index (χ0) is 26.2. The monoisotopic (exact) mass is 547 g/mol. The van der Waals surface area contributed by atoms with E-state index < -0.39 is 5.91 Å². The van der Waals surface area contributed by atoms with Gasteiger partial charge in [-0.1, -0.05) is 11.6 Å². The predicted octanol–water partition coefficient (Wildman–Crippen LogP) is 5.12. The number of ether oxygens (including phenoxy) is 1. The molecule has 6 rings (SSSR count). The average Bonchev–Trinajstić information content (AvgIpc) is 3.23. The van der Waals surface area contributed by atoms with Crippen molar-refractivity contribution in [2.45, 2.75) is 19.8 Å². The largest absolute Gasteiger partial charge is 0.437 e. The first-order valence-electron chi connectivity index (χ1n) is 12.0. The number of rotatable bonds is 8. The summed E-state index contributed by atoms with van der Waals surface area (Å²) in [5, 5.41) is 18.7. The van der Waals surface area contributed by atoms with Gasteiger partial charge in [0.2, 0.25) is 5.88 Å². The number of nitrogens with one attached hydrogen (secondary N) is 2. The van der Waals surface area contributed by atoms with Gasteiger partial charge < -0.3 is 15.4 Å². The summed E-state index contributed by atoms with van der Waals surface area (Å²) in [7, 11) is 0. The van der Waals surface area contributed by atoms with Gasteiger partial charge in [-0.3, -0.25) is 9.59 Å². The lowest BCUT2D eigenvalue weighted by Gasteiger charge is -2.16. The summed E-state index contributed by atoms with van der Waals surface area (Å²) in [5.74, 6) is 0.706. The van der Waals surface area contributed by atoms with Gasteiger partial charge in [-0.25, -0.2) is 14.2 Å². The molecule has 0 spiro atoms. The third-order valence-electron chi connectivity index (χ3n) is 6.16. The van der Waals surface area contributed by atoms with Gasteiger partial charge in [0, 0.05) is 24.2 Å². The van der Waals surface area contributed by atoms with Crippen molar-refractivity contribution < 1.29 is 14.3 Å². The number of pyridine rings is 2. The summed E-state index contributed by atoms with van der Waals surface area (Å²) in [6.45, 7) is 2.41. The lowest BCUT2D eigenvalue weighted by Crippen LogP contribution is -2.30. The number of anilines is 1. The Morgan fingerprint density at radius 3 is 2.82 bits per heavy atom. The number of fused-ring (bicyclic) bond motifs is 1. The van der Waals surface area contributed by atoms with E-state index in [1.165, 1.54) is 26.6 Å². The minimum Gasteiger partial charge on any atom is -0.437 e. The fourth-order valence-corrected chi connectivity index (χ4v) is 4.83. The van der Waals surface area contributed by atoms with Crippen LogP contribution in [-0.2, 0) is 0 Å². The van der Waals surface area contributed by atoms with Crippen LogP contribution in [0.3, 0.4) is 0 Å². The Hall–Kier alpha value is -4.22. The van der Waals surface area contributed by atoms with Crippen LogP contribution >= 0.6 is 22.9 Å². The molecular formula is C26H22ClN7O3S. The van der Waals surface area contributed by atoms with Crippen molar-refractivity contribution >= 4 is 46.0 Å². The van der Waals surface area contributed by atoms with Crippen LogP contribution < -0.4 is 15.4 Å². The molecule has 2 amide bonds. The van der Waals surface area contributed by atoms with Gasteiger partial charge in [0.1, 0.15) is 11.4 Å². The molecule has 2 N–H and O–H groups in total. The first-order chi connectivity index (χ1) is 18.5. The Morgan fingerprint density at radius 1 is 1.18 bits per heavy atom. The van der Waals surface area contributed by atoms with Gasteiger partial charge in [-0.15, -0.1) is 16.4 Å². The molecule has 0 atom stereocenters. The number of nitrogens with zero attached hydrogens (tertiary/aromatic N) is 5. The van der Waals surface area contributed by atoms with Crippen LogP contribution in [0.4, 0.5) is 5.69 Å². The normalized spacial score (nSPS) is 13.0.